The summed E-state index contributed by atoms with van der Waals surface area (Å²) < 4.78 is 22.2. The normalized spacial score (nSPS) is 23.2. The Hall–Kier alpha value is -2.41. The number of aromatic nitrogens is 1. The number of benzene rings is 1. The van der Waals surface area contributed by atoms with E-state index in [9.17, 15) is 19.1 Å². The lowest BCUT2D eigenvalue weighted by Gasteiger charge is -2.27. The number of nitrogens with zero attached hydrogens (tertiary/aromatic N) is 1. The number of pyridine rings is 1. The smallest absolute Gasteiger partial charge is 0.341 e. The third kappa shape index (κ3) is 3.07. The van der Waals surface area contributed by atoms with Gasteiger partial charge in [0.1, 0.15) is 11.7 Å². The largest absolute Gasteiger partial charge is 0.487 e. The second-order valence-electron chi connectivity index (χ2n) is 7.28. The fraction of sp³-hybridized carbons (Fsp3) is 0.474. The van der Waals surface area contributed by atoms with Gasteiger partial charge >= 0.3 is 5.97 Å². The second-order valence-corrected chi connectivity index (χ2v) is 7.28. The number of hydrogen-bond acceptors (Lipinski definition) is 4. The maximum Gasteiger partial charge on any atom is 0.341 e. The van der Waals surface area contributed by atoms with Crippen LogP contribution >= 0.6 is 0 Å². The minimum atomic E-state index is -1.30. The number of aromatic carboxylic acids is 1. The number of carbonyl (C=O) groups is 1. The highest BCUT2D eigenvalue weighted by atomic mass is 19.1. The molecule has 3 N–H and O–H groups in total. The molecule has 0 saturated heterocycles. The van der Waals surface area contributed by atoms with E-state index in [2.05, 4.69) is 0 Å². The van der Waals surface area contributed by atoms with Crippen LogP contribution in [-0.2, 0) is 0 Å². The summed E-state index contributed by atoms with van der Waals surface area (Å²) in [7, 11) is 0. The summed E-state index contributed by atoms with van der Waals surface area (Å²) in [4.78, 5) is 23.8. The molecule has 0 aliphatic heterocycles. The average Bonchev–Trinajstić information content (AvgIpc) is 3.41. The van der Waals surface area contributed by atoms with Gasteiger partial charge in [0.05, 0.1) is 5.52 Å². The summed E-state index contributed by atoms with van der Waals surface area (Å²) in [5.74, 6) is -1.87. The van der Waals surface area contributed by atoms with Gasteiger partial charge in [0, 0.05) is 29.7 Å². The van der Waals surface area contributed by atoms with Gasteiger partial charge in [-0.2, -0.15) is 0 Å². The molecule has 2 atom stereocenters. The first kappa shape index (κ1) is 17.0. The number of halogens is 1. The first-order valence-electron chi connectivity index (χ1n) is 8.98. The van der Waals surface area contributed by atoms with E-state index in [4.69, 9.17) is 10.5 Å². The van der Waals surface area contributed by atoms with Gasteiger partial charge in [-0.05, 0) is 44.6 Å². The van der Waals surface area contributed by atoms with E-state index in [-0.39, 0.29) is 34.9 Å². The van der Waals surface area contributed by atoms with Crippen molar-refractivity contribution in [2.75, 3.05) is 0 Å². The molecule has 2 saturated carbocycles. The minimum absolute atomic E-state index is 0.0556. The zero-order chi connectivity index (χ0) is 18.4. The van der Waals surface area contributed by atoms with Crippen molar-refractivity contribution >= 4 is 16.9 Å². The van der Waals surface area contributed by atoms with Crippen molar-refractivity contribution in [3.05, 3.63) is 39.9 Å². The van der Waals surface area contributed by atoms with Crippen LogP contribution < -0.4 is 15.9 Å². The van der Waals surface area contributed by atoms with E-state index < -0.39 is 17.2 Å². The molecule has 2 fully saturated rings. The van der Waals surface area contributed by atoms with Gasteiger partial charge < -0.3 is 20.1 Å². The molecule has 2 unspecified atom stereocenters. The van der Waals surface area contributed by atoms with Gasteiger partial charge in [-0.3, -0.25) is 4.79 Å². The third-order valence-electron chi connectivity index (χ3n) is 5.22. The molecule has 6 nitrogen and oxygen atoms in total. The van der Waals surface area contributed by atoms with Gasteiger partial charge in [-0.25, -0.2) is 9.18 Å². The Morgan fingerprint density at radius 2 is 2.04 bits per heavy atom. The van der Waals surface area contributed by atoms with Gasteiger partial charge in [-0.1, -0.05) is 0 Å². The SMILES string of the molecule is NC1CCCC(Oc2cc3c(cc2F)c(=O)c(C(=O)O)cn3C2CC2)C1. The molecule has 2 aliphatic rings. The molecule has 2 aromatic rings. The number of ether oxygens (including phenoxy) is 1. The zero-order valence-electron chi connectivity index (χ0n) is 14.3. The Morgan fingerprint density at radius 1 is 1.27 bits per heavy atom. The molecule has 4 rings (SSSR count). The molecule has 0 radical (unpaired) electrons. The molecule has 7 heteroatoms. The molecular formula is C19H21FN2O4. The molecule has 0 bridgehead atoms. The molecule has 1 aromatic carbocycles. The molecule has 0 spiro atoms. The van der Waals surface area contributed by atoms with Crippen LogP contribution in [0.3, 0.4) is 0 Å². The molecule has 2 aliphatic carbocycles. The van der Waals surface area contributed by atoms with Crippen LogP contribution in [0.25, 0.3) is 10.9 Å². The maximum atomic E-state index is 14.6. The lowest BCUT2D eigenvalue weighted by molar-refractivity contribution is 0.0695. The van der Waals surface area contributed by atoms with Crippen LogP contribution in [0.5, 0.6) is 5.75 Å². The Morgan fingerprint density at radius 3 is 2.69 bits per heavy atom. The summed E-state index contributed by atoms with van der Waals surface area (Å²) in [6.45, 7) is 0. The fourth-order valence-corrected chi connectivity index (χ4v) is 3.72. The van der Waals surface area contributed by atoms with E-state index >= 15 is 0 Å². The lowest BCUT2D eigenvalue weighted by Crippen LogP contribution is -2.33. The third-order valence-corrected chi connectivity index (χ3v) is 5.22. The van der Waals surface area contributed by atoms with Crippen LogP contribution in [-0.4, -0.2) is 27.8 Å². The summed E-state index contributed by atoms with van der Waals surface area (Å²) in [6.07, 6.45) is 6.40. The first-order chi connectivity index (χ1) is 12.4. The van der Waals surface area contributed by atoms with Crippen molar-refractivity contribution in [2.45, 2.75) is 56.7 Å². The standard InChI is InChI=1S/C19H21FN2O4/c20-15-7-13-16(8-17(15)26-12-3-1-2-10(21)6-12)22(11-4-5-11)9-14(18(13)23)19(24)25/h7-12H,1-6,21H2,(H,24,25). The number of rotatable bonds is 4. The fourth-order valence-electron chi connectivity index (χ4n) is 3.72. The average molecular weight is 360 g/mol. The highest BCUT2D eigenvalue weighted by Gasteiger charge is 2.28. The first-order valence-corrected chi connectivity index (χ1v) is 8.98. The molecule has 138 valence electrons. The Labute approximate surface area is 149 Å². The van der Waals surface area contributed by atoms with Crippen molar-refractivity contribution in [3.63, 3.8) is 0 Å². The number of hydrogen-bond donors (Lipinski definition) is 2. The monoisotopic (exact) mass is 360 g/mol. The van der Waals surface area contributed by atoms with Crippen LogP contribution in [0.1, 0.15) is 54.9 Å². The van der Waals surface area contributed by atoms with Gasteiger partial charge in [0.15, 0.2) is 11.6 Å². The van der Waals surface area contributed by atoms with E-state index in [0.29, 0.717) is 11.9 Å². The Balaban J connectivity index is 1.80. The summed E-state index contributed by atoms with van der Waals surface area (Å²) >= 11 is 0. The highest BCUT2D eigenvalue weighted by molar-refractivity contribution is 5.93. The summed E-state index contributed by atoms with van der Waals surface area (Å²) in [6, 6.07) is 2.81. The van der Waals surface area contributed by atoms with Gasteiger partial charge in [-0.15, -0.1) is 0 Å². The number of fused-ring (bicyclic) bond motifs is 1. The van der Waals surface area contributed by atoms with Crippen molar-refractivity contribution < 1.29 is 19.0 Å². The second kappa shape index (κ2) is 6.39. The number of carboxylic acids is 1. The van der Waals surface area contributed by atoms with E-state index in [1.165, 1.54) is 12.3 Å². The lowest BCUT2D eigenvalue weighted by atomic mass is 9.93. The molecule has 0 amide bonds. The van der Waals surface area contributed by atoms with Crippen LogP contribution in [0.2, 0.25) is 0 Å². The van der Waals surface area contributed by atoms with Crippen molar-refractivity contribution in [3.8, 4) is 5.75 Å². The Kier molecular flexibility index (Phi) is 4.19. The molecule has 26 heavy (non-hydrogen) atoms. The highest BCUT2D eigenvalue weighted by Crippen LogP contribution is 2.38. The van der Waals surface area contributed by atoms with Crippen molar-refractivity contribution in [1.29, 1.82) is 0 Å². The molecule has 1 aromatic heterocycles. The van der Waals surface area contributed by atoms with Crippen LogP contribution in [0, 0.1) is 5.82 Å². The quantitative estimate of drug-likeness (QED) is 0.874. The predicted molar refractivity (Wildman–Crippen MR) is 94.3 cm³/mol. The van der Waals surface area contributed by atoms with Crippen LogP contribution in [0.15, 0.2) is 23.1 Å². The predicted octanol–water partition coefficient (Wildman–Crippen LogP) is 2.82. The maximum absolute atomic E-state index is 14.6. The number of nitrogens with two attached hydrogens (primary N) is 1. The van der Waals surface area contributed by atoms with E-state index in [0.717, 1.165) is 38.2 Å². The molecular weight excluding hydrogens is 339 g/mol. The van der Waals surface area contributed by atoms with E-state index in [1.54, 1.807) is 4.57 Å². The zero-order valence-corrected chi connectivity index (χ0v) is 14.3. The Bertz CT molecular complexity index is 935. The summed E-state index contributed by atoms with van der Waals surface area (Å²) in [5, 5.41) is 9.34. The van der Waals surface area contributed by atoms with Gasteiger partial charge in [0.2, 0.25) is 5.43 Å². The van der Waals surface area contributed by atoms with Crippen molar-refractivity contribution in [1.82, 2.24) is 4.57 Å². The number of carboxylic acid groups (broad SMARTS) is 1. The summed E-state index contributed by atoms with van der Waals surface area (Å²) in [5.41, 5.74) is 5.47. The van der Waals surface area contributed by atoms with Crippen LogP contribution in [0.4, 0.5) is 4.39 Å². The topological polar surface area (TPSA) is 94.6 Å². The van der Waals surface area contributed by atoms with E-state index in [1.807, 2.05) is 0 Å². The molecule has 1 heterocycles. The van der Waals surface area contributed by atoms with Crippen molar-refractivity contribution in [2.24, 2.45) is 5.73 Å². The van der Waals surface area contributed by atoms with Gasteiger partial charge in [0.25, 0.3) is 0 Å². The minimum Gasteiger partial charge on any atom is -0.487 e.